The van der Waals surface area contributed by atoms with Crippen LogP contribution in [0.3, 0.4) is 0 Å². The first-order valence-corrected chi connectivity index (χ1v) is 12.2. The lowest BCUT2D eigenvalue weighted by molar-refractivity contribution is -0.387. The molecule has 11 nitrogen and oxygen atoms in total. The third kappa shape index (κ3) is 4.40. The predicted molar refractivity (Wildman–Crippen MR) is 92.0 cm³/mol. The van der Waals surface area contributed by atoms with E-state index in [1.807, 2.05) is 0 Å². The van der Waals surface area contributed by atoms with E-state index in [1.165, 1.54) is 0 Å². The number of benzene rings is 1. The Bertz CT molecular complexity index is 1180. The molecule has 0 bridgehead atoms. The molecule has 182 valence electrons. The normalized spacial score (nSPS) is 19.4. The van der Waals surface area contributed by atoms with Crippen molar-refractivity contribution in [2.24, 2.45) is 0 Å². The Morgan fingerprint density at radius 2 is 1.41 bits per heavy atom. The summed E-state index contributed by atoms with van der Waals surface area (Å²) in [6, 6.07) is 0.997. The third-order valence-electron chi connectivity index (χ3n) is 4.16. The number of hydrogen-bond acceptors (Lipinski definition) is 8. The van der Waals surface area contributed by atoms with E-state index in [4.69, 9.17) is 0 Å². The first-order chi connectivity index (χ1) is 14.3. The molecule has 1 fully saturated rings. The van der Waals surface area contributed by atoms with Crippen molar-refractivity contribution < 1.29 is 56.5 Å². The van der Waals surface area contributed by atoms with Crippen LogP contribution in [0.1, 0.15) is 6.42 Å². The van der Waals surface area contributed by atoms with E-state index in [9.17, 15) is 61.7 Å². The number of halogens is 6. The zero-order valence-corrected chi connectivity index (χ0v) is 17.6. The quantitative estimate of drug-likeness (QED) is 0.301. The number of para-hydroxylation sites is 1. The second kappa shape index (κ2) is 8.08. The van der Waals surface area contributed by atoms with E-state index in [1.54, 1.807) is 0 Å². The maximum Gasteiger partial charge on any atom is 0.512 e. The highest BCUT2D eigenvalue weighted by Crippen LogP contribution is 2.39. The molecule has 20 heteroatoms. The van der Waals surface area contributed by atoms with Crippen LogP contribution in [0.4, 0.5) is 32.0 Å². The molecule has 0 saturated carbocycles. The van der Waals surface area contributed by atoms with Crippen LogP contribution in [-0.4, -0.2) is 68.3 Å². The zero-order valence-electron chi connectivity index (χ0n) is 15.1. The highest BCUT2D eigenvalue weighted by atomic mass is 32.3. The molecular formula is C12H11F6N3O8S3. The van der Waals surface area contributed by atoms with E-state index in [0.29, 0.717) is 0 Å². The average molecular weight is 535 g/mol. The van der Waals surface area contributed by atoms with Crippen LogP contribution < -0.4 is 0 Å². The van der Waals surface area contributed by atoms with Crippen molar-refractivity contribution in [2.75, 3.05) is 13.1 Å². The highest BCUT2D eigenvalue weighted by molar-refractivity contribution is 8.04. The Hall–Kier alpha value is -2.03. The lowest BCUT2D eigenvalue weighted by Gasteiger charge is -2.28. The minimum absolute atomic E-state index is 0.158. The van der Waals surface area contributed by atoms with Crippen LogP contribution in [-0.2, 0) is 30.1 Å². The number of nitro benzene ring substituents is 1. The van der Waals surface area contributed by atoms with Gasteiger partial charge < -0.3 is 0 Å². The fourth-order valence-electron chi connectivity index (χ4n) is 2.79. The third-order valence-corrected chi connectivity index (χ3v) is 9.97. The van der Waals surface area contributed by atoms with Gasteiger partial charge in [0.2, 0.25) is 10.0 Å². The molecule has 0 spiro atoms. The van der Waals surface area contributed by atoms with Crippen molar-refractivity contribution in [1.82, 2.24) is 8.02 Å². The molecule has 1 heterocycles. The summed E-state index contributed by atoms with van der Waals surface area (Å²) in [7, 11) is -19.2. The number of sulfonamides is 3. The van der Waals surface area contributed by atoms with Crippen LogP contribution >= 0.6 is 0 Å². The van der Waals surface area contributed by atoms with Gasteiger partial charge in [0.15, 0.2) is 4.90 Å². The Morgan fingerprint density at radius 1 is 0.938 bits per heavy atom. The summed E-state index contributed by atoms with van der Waals surface area (Å²) >= 11 is 0. The van der Waals surface area contributed by atoms with E-state index < -0.39 is 85.9 Å². The molecule has 1 aromatic rings. The SMILES string of the molecule is O=[N+]([O-])c1ccccc1S(=O)(=O)N1CCC(N(S(=O)(=O)C(F)(F)F)S(=O)(=O)C(F)(F)F)C1. The van der Waals surface area contributed by atoms with Gasteiger partial charge in [-0.25, -0.2) is 25.3 Å². The standard InChI is InChI=1S/C12H11F6N3O8S3/c13-11(14,15)31(26,27)21(32(28,29)12(16,17)18)8-5-6-19(7-8)30(24,25)10-4-2-1-3-9(10)20(22)23/h1-4,8H,5-7H2. The van der Waals surface area contributed by atoms with Crippen molar-refractivity contribution in [3.05, 3.63) is 34.4 Å². The minimum Gasteiger partial charge on any atom is -0.258 e. The lowest BCUT2D eigenvalue weighted by atomic mass is 10.3. The van der Waals surface area contributed by atoms with Gasteiger partial charge in [-0.2, -0.15) is 30.6 Å². The molecule has 0 aromatic heterocycles. The van der Waals surface area contributed by atoms with Crippen molar-refractivity contribution in [3.63, 3.8) is 0 Å². The maximum atomic E-state index is 12.9. The van der Waals surface area contributed by atoms with Gasteiger partial charge in [-0.05, 0) is 12.5 Å². The molecule has 32 heavy (non-hydrogen) atoms. The summed E-state index contributed by atoms with van der Waals surface area (Å²) in [6.45, 7) is -2.37. The largest absolute Gasteiger partial charge is 0.512 e. The van der Waals surface area contributed by atoms with Crippen molar-refractivity contribution >= 4 is 35.8 Å². The second-order valence-corrected chi connectivity index (χ2v) is 11.9. The van der Waals surface area contributed by atoms with Crippen molar-refractivity contribution in [1.29, 1.82) is 0 Å². The molecule has 1 aliphatic rings. The van der Waals surface area contributed by atoms with Gasteiger partial charge in [0, 0.05) is 19.2 Å². The Kier molecular flexibility index (Phi) is 6.62. The van der Waals surface area contributed by atoms with Gasteiger partial charge >= 0.3 is 31.1 Å². The smallest absolute Gasteiger partial charge is 0.258 e. The van der Waals surface area contributed by atoms with Crippen LogP contribution in [0, 0.1) is 10.1 Å². The van der Waals surface area contributed by atoms with Crippen molar-refractivity contribution in [3.8, 4) is 0 Å². The molecule has 1 atom stereocenters. The molecule has 0 radical (unpaired) electrons. The number of nitrogens with zero attached hydrogens (tertiary/aromatic N) is 3. The summed E-state index contributed by atoms with van der Waals surface area (Å²) in [5, 5.41) is 11.0. The Morgan fingerprint density at radius 3 is 1.84 bits per heavy atom. The summed E-state index contributed by atoms with van der Waals surface area (Å²) in [6.07, 6.45) is -1.08. The van der Waals surface area contributed by atoms with Gasteiger partial charge in [-0.15, -0.1) is 0 Å². The molecule has 0 aliphatic carbocycles. The van der Waals surface area contributed by atoms with Gasteiger partial charge in [-0.1, -0.05) is 15.8 Å². The molecule has 0 N–H and O–H groups in total. The highest BCUT2D eigenvalue weighted by Gasteiger charge is 2.64. The van der Waals surface area contributed by atoms with Crippen LogP contribution in [0.25, 0.3) is 0 Å². The Balaban J connectivity index is 2.56. The molecule has 0 amide bonds. The fourth-order valence-corrected chi connectivity index (χ4v) is 7.52. The summed E-state index contributed by atoms with van der Waals surface area (Å²) < 4.78 is 148. The zero-order chi connectivity index (χ0) is 24.9. The predicted octanol–water partition coefficient (Wildman–Crippen LogP) is 1.36. The second-order valence-electron chi connectivity index (χ2n) is 6.16. The van der Waals surface area contributed by atoms with Crippen LogP contribution in [0.5, 0.6) is 0 Å². The number of alkyl halides is 6. The molecule has 1 aromatic carbocycles. The summed E-state index contributed by atoms with van der Waals surface area (Å²) in [5.74, 6) is 0. The molecule has 1 aliphatic heterocycles. The van der Waals surface area contributed by atoms with Gasteiger partial charge in [-0.3, -0.25) is 10.1 Å². The average Bonchev–Trinajstić information content (AvgIpc) is 3.09. The summed E-state index contributed by atoms with van der Waals surface area (Å²) in [5.41, 5.74) is -13.9. The molecule has 2 rings (SSSR count). The van der Waals surface area contributed by atoms with Gasteiger partial charge in [0.1, 0.15) is 0 Å². The summed E-state index contributed by atoms with van der Waals surface area (Å²) in [4.78, 5) is 8.95. The fraction of sp³-hybridized carbons (Fsp3) is 0.500. The van der Waals surface area contributed by atoms with Gasteiger partial charge in [0.05, 0.1) is 11.0 Å². The number of rotatable bonds is 6. The number of hydrogen-bond donors (Lipinski definition) is 0. The number of nitro groups is 1. The maximum absolute atomic E-state index is 12.9. The van der Waals surface area contributed by atoms with E-state index in [0.717, 1.165) is 24.3 Å². The van der Waals surface area contributed by atoms with Crippen LogP contribution in [0.15, 0.2) is 29.2 Å². The van der Waals surface area contributed by atoms with Crippen LogP contribution in [0.2, 0.25) is 0 Å². The first-order valence-electron chi connectivity index (χ1n) is 7.92. The first kappa shape index (κ1) is 26.2. The monoisotopic (exact) mass is 535 g/mol. The molecular weight excluding hydrogens is 524 g/mol. The molecule has 1 unspecified atom stereocenters. The van der Waals surface area contributed by atoms with Crippen molar-refractivity contribution in [2.45, 2.75) is 28.4 Å². The van der Waals surface area contributed by atoms with Gasteiger partial charge in [0.25, 0.3) is 5.69 Å². The Labute approximate surface area is 176 Å². The van der Waals surface area contributed by atoms with E-state index >= 15 is 0 Å². The van der Waals surface area contributed by atoms with E-state index in [-0.39, 0.29) is 4.31 Å². The lowest BCUT2D eigenvalue weighted by Crippen LogP contribution is -2.54. The topological polar surface area (TPSA) is 152 Å². The molecule has 1 saturated heterocycles. The minimum atomic E-state index is -7.12. The van der Waals surface area contributed by atoms with E-state index in [2.05, 4.69) is 0 Å².